The van der Waals surface area contributed by atoms with Crippen molar-refractivity contribution in [1.29, 1.82) is 0 Å². The molecule has 26 heavy (non-hydrogen) atoms. The Morgan fingerprint density at radius 1 is 1.35 bits per heavy atom. The zero-order chi connectivity index (χ0) is 19.1. The standard InChI is InChI=1S/C15H14F3N7O/c1-7(19)14(26)23-11-6-25-12(22-11)3-2-10(24-25)8-4-9(15(16,17)18)13(20)21-5-8/h2-7H,19H2,1H3,(H2,20,21)(H,23,26). The van der Waals surface area contributed by atoms with E-state index in [1.165, 1.54) is 29.9 Å². The summed E-state index contributed by atoms with van der Waals surface area (Å²) in [4.78, 5) is 19.3. The van der Waals surface area contributed by atoms with Gasteiger partial charge in [0.2, 0.25) is 5.91 Å². The van der Waals surface area contributed by atoms with E-state index in [9.17, 15) is 18.0 Å². The molecule has 1 amide bonds. The number of imidazole rings is 1. The lowest BCUT2D eigenvalue weighted by Gasteiger charge is -2.10. The van der Waals surface area contributed by atoms with Gasteiger partial charge in [-0.2, -0.15) is 18.3 Å². The van der Waals surface area contributed by atoms with Crippen LogP contribution in [0.15, 0.2) is 30.6 Å². The Hall–Kier alpha value is -3.21. The average Bonchev–Trinajstić information content (AvgIpc) is 2.95. The Morgan fingerprint density at radius 3 is 2.73 bits per heavy atom. The van der Waals surface area contributed by atoms with E-state index in [1.54, 1.807) is 6.07 Å². The number of nitrogens with zero attached hydrogens (tertiary/aromatic N) is 4. The van der Waals surface area contributed by atoms with Crippen LogP contribution in [0.3, 0.4) is 0 Å². The van der Waals surface area contributed by atoms with Crippen LogP contribution in [0, 0.1) is 0 Å². The van der Waals surface area contributed by atoms with Crippen LogP contribution >= 0.6 is 0 Å². The number of nitrogens with two attached hydrogens (primary N) is 2. The second-order valence-electron chi connectivity index (χ2n) is 5.58. The van der Waals surface area contributed by atoms with Crippen LogP contribution in [-0.2, 0) is 11.0 Å². The van der Waals surface area contributed by atoms with Gasteiger partial charge in [-0.25, -0.2) is 14.5 Å². The van der Waals surface area contributed by atoms with Crippen LogP contribution in [-0.4, -0.2) is 31.5 Å². The van der Waals surface area contributed by atoms with Crippen molar-refractivity contribution in [1.82, 2.24) is 19.6 Å². The SMILES string of the molecule is CC(N)C(=O)Nc1cn2nc(-c3cnc(N)c(C(F)(F)F)c3)ccc2n1. The highest BCUT2D eigenvalue weighted by atomic mass is 19.4. The highest BCUT2D eigenvalue weighted by Gasteiger charge is 2.34. The number of hydrogen-bond acceptors (Lipinski definition) is 6. The lowest BCUT2D eigenvalue weighted by atomic mass is 10.1. The van der Waals surface area contributed by atoms with Gasteiger partial charge in [-0.1, -0.05) is 0 Å². The Bertz CT molecular complexity index is 981. The summed E-state index contributed by atoms with van der Waals surface area (Å²) >= 11 is 0. The van der Waals surface area contributed by atoms with Crippen molar-refractivity contribution < 1.29 is 18.0 Å². The molecule has 3 aromatic heterocycles. The highest BCUT2D eigenvalue weighted by molar-refractivity contribution is 5.93. The van der Waals surface area contributed by atoms with Crippen molar-refractivity contribution in [2.45, 2.75) is 19.1 Å². The van der Waals surface area contributed by atoms with E-state index in [2.05, 4.69) is 20.4 Å². The van der Waals surface area contributed by atoms with Gasteiger partial charge in [0.1, 0.15) is 5.82 Å². The van der Waals surface area contributed by atoms with Crippen molar-refractivity contribution in [3.63, 3.8) is 0 Å². The maximum atomic E-state index is 13.0. The van der Waals surface area contributed by atoms with E-state index in [0.29, 0.717) is 5.65 Å². The normalized spacial score (nSPS) is 13.0. The molecule has 0 aliphatic heterocycles. The third-order valence-corrected chi connectivity index (χ3v) is 3.50. The second-order valence-corrected chi connectivity index (χ2v) is 5.58. The number of fused-ring (bicyclic) bond motifs is 1. The fraction of sp³-hybridized carbons (Fsp3) is 0.200. The number of carbonyl (C=O) groups excluding carboxylic acids is 1. The molecular formula is C15H14F3N7O. The number of carbonyl (C=O) groups is 1. The Morgan fingerprint density at radius 2 is 2.08 bits per heavy atom. The van der Waals surface area contributed by atoms with Gasteiger partial charge < -0.3 is 16.8 Å². The third-order valence-electron chi connectivity index (χ3n) is 3.50. The molecule has 0 radical (unpaired) electrons. The molecule has 3 aromatic rings. The fourth-order valence-electron chi connectivity index (χ4n) is 2.18. The lowest BCUT2D eigenvalue weighted by Crippen LogP contribution is -2.32. The second kappa shape index (κ2) is 6.26. The summed E-state index contributed by atoms with van der Waals surface area (Å²) in [5.41, 5.74) is 10.5. The van der Waals surface area contributed by atoms with Gasteiger partial charge in [-0.05, 0) is 25.1 Å². The molecule has 3 rings (SSSR count). The first-order valence-electron chi connectivity index (χ1n) is 7.41. The van der Waals surface area contributed by atoms with Gasteiger partial charge in [0.05, 0.1) is 23.5 Å². The van der Waals surface area contributed by atoms with Crippen LogP contribution in [0.4, 0.5) is 24.8 Å². The number of hydrogen-bond donors (Lipinski definition) is 3. The summed E-state index contributed by atoms with van der Waals surface area (Å²) in [6.45, 7) is 1.52. The largest absolute Gasteiger partial charge is 0.419 e. The number of rotatable bonds is 3. The Balaban J connectivity index is 1.98. The minimum Gasteiger partial charge on any atom is -0.383 e. The van der Waals surface area contributed by atoms with E-state index < -0.39 is 29.5 Å². The van der Waals surface area contributed by atoms with Gasteiger partial charge in [-0.15, -0.1) is 0 Å². The quantitative estimate of drug-likeness (QED) is 0.649. The van der Waals surface area contributed by atoms with Crippen molar-refractivity contribution in [3.05, 3.63) is 36.2 Å². The molecule has 1 atom stereocenters. The van der Waals surface area contributed by atoms with E-state index in [0.717, 1.165) is 6.07 Å². The van der Waals surface area contributed by atoms with Gasteiger partial charge >= 0.3 is 6.18 Å². The predicted octanol–water partition coefficient (Wildman–Crippen LogP) is 1.68. The zero-order valence-electron chi connectivity index (χ0n) is 13.4. The third kappa shape index (κ3) is 3.42. The average molecular weight is 365 g/mol. The number of nitrogen functional groups attached to an aromatic ring is 1. The van der Waals surface area contributed by atoms with E-state index in [1.807, 2.05) is 0 Å². The van der Waals surface area contributed by atoms with Crippen molar-refractivity contribution in [2.75, 3.05) is 11.1 Å². The molecule has 0 saturated carbocycles. The molecule has 0 aliphatic carbocycles. The molecule has 8 nitrogen and oxygen atoms in total. The van der Waals surface area contributed by atoms with E-state index in [-0.39, 0.29) is 17.1 Å². The molecular weight excluding hydrogens is 351 g/mol. The molecule has 0 saturated heterocycles. The summed E-state index contributed by atoms with van der Waals surface area (Å²) in [6, 6.07) is 3.21. The molecule has 0 bridgehead atoms. The fourth-order valence-corrected chi connectivity index (χ4v) is 2.18. The number of aromatic nitrogens is 4. The molecule has 0 spiro atoms. The van der Waals surface area contributed by atoms with Gasteiger partial charge in [0.15, 0.2) is 11.5 Å². The molecule has 136 valence electrons. The van der Waals surface area contributed by atoms with Crippen LogP contribution in [0.2, 0.25) is 0 Å². The summed E-state index contributed by atoms with van der Waals surface area (Å²) in [5.74, 6) is -0.805. The summed E-state index contributed by atoms with van der Waals surface area (Å²) in [6.07, 6.45) is -1.99. The maximum absolute atomic E-state index is 13.0. The first-order chi connectivity index (χ1) is 12.1. The van der Waals surface area contributed by atoms with E-state index >= 15 is 0 Å². The summed E-state index contributed by atoms with van der Waals surface area (Å²) < 4.78 is 40.3. The van der Waals surface area contributed by atoms with Crippen LogP contribution in [0.1, 0.15) is 12.5 Å². The summed E-state index contributed by atoms with van der Waals surface area (Å²) in [5, 5.41) is 6.71. The Kier molecular flexibility index (Phi) is 4.24. The molecule has 3 heterocycles. The molecule has 0 fully saturated rings. The minimum atomic E-state index is -4.62. The molecule has 0 aromatic carbocycles. The van der Waals surface area contributed by atoms with Crippen LogP contribution < -0.4 is 16.8 Å². The number of alkyl halides is 3. The van der Waals surface area contributed by atoms with Crippen LogP contribution in [0.25, 0.3) is 16.9 Å². The van der Waals surface area contributed by atoms with Crippen molar-refractivity contribution >= 4 is 23.2 Å². The minimum absolute atomic E-state index is 0.142. The molecule has 5 N–H and O–H groups in total. The number of nitrogens with one attached hydrogen (secondary N) is 1. The van der Waals surface area contributed by atoms with Gasteiger partial charge in [0.25, 0.3) is 0 Å². The van der Waals surface area contributed by atoms with Crippen LogP contribution in [0.5, 0.6) is 0 Å². The number of amides is 1. The number of pyridine rings is 1. The Labute approximate surface area is 145 Å². The first-order valence-corrected chi connectivity index (χ1v) is 7.41. The van der Waals surface area contributed by atoms with E-state index in [4.69, 9.17) is 11.5 Å². The van der Waals surface area contributed by atoms with Crippen molar-refractivity contribution in [2.24, 2.45) is 5.73 Å². The predicted molar refractivity (Wildman–Crippen MR) is 87.9 cm³/mol. The molecule has 0 aliphatic rings. The summed E-state index contributed by atoms with van der Waals surface area (Å²) in [7, 11) is 0. The highest BCUT2D eigenvalue weighted by Crippen LogP contribution is 2.34. The first kappa shape index (κ1) is 17.6. The zero-order valence-corrected chi connectivity index (χ0v) is 13.4. The topological polar surface area (TPSA) is 124 Å². The maximum Gasteiger partial charge on any atom is 0.419 e. The lowest BCUT2D eigenvalue weighted by molar-refractivity contribution is -0.137. The smallest absolute Gasteiger partial charge is 0.383 e. The number of halogens is 3. The van der Waals surface area contributed by atoms with Gasteiger partial charge in [-0.3, -0.25) is 4.79 Å². The van der Waals surface area contributed by atoms with Gasteiger partial charge in [0, 0.05) is 11.8 Å². The molecule has 11 heteroatoms. The molecule has 1 unspecified atom stereocenters. The monoisotopic (exact) mass is 365 g/mol. The number of anilines is 2. The van der Waals surface area contributed by atoms with Crippen molar-refractivity contribution in [3.8, 4) is 11.3 Å².